The Labute approximate surface area is 217 Å². The fourth-order valence-corrected chi connectivity index (χ4v) is 8.39. The topological polar surface area (TPSA) is 59.4 Å². The van der Waals surface area contributed by atoms with Crippen molar-refractivity contribution in [2.45, 2.75) is 77.4 Å². The Kier molecular flexibility index (Phi) is 6.70. The number of carbonyl (C=O) groups is 1. The average Bonchev–Trinajstić information content (AvgIpc) is 3.15. The normalized spacial score (nSPS) is 36.6. The summed E-state index contributed by atoms with van der Waals surface area (Å²) >= 11 is 0. The molecule has 4 aliphatic rings. The minimum Gasteiger partial charge on any atom is -0.462 e. The van der Waals surface area contributed by atoms with Crippen molar-refractivity contribution in [1.82, 2.24) is 4.98 Å². The molecular weight excluding hydrogens is 448 g/mol. The molecule has 0 saturated heterocycles. The molecule has 2 saturated carbocycles. The number of hydrogen-bond donors (Lipinski definition) is 1. The zero-order valence-electron chi connectivity index (χ0n) is 22.9. The summed E-state index contributed by atoms with van der Waals surface area (Å²) in [6, 6.07) is 4.29. The summed E-state index contributed by atoms with van der Waals surface area (Å²) in [5, 5.41) is 10.3. The van der Waals surface area contributed by atoms with Gasteiger partial charge in [-0.25, -0.2) is 0 Å². The zero-order valence-corrected chi connectivity index (χ0v) is 22.9. The lowest BCUT2D eigenvalue weighted by atomic mass is 9.47. The summed E-state index contributed by atoms with van der Waals surface area (Å²) in [7, 11) is 6.07. The fourth-order valence-electron chi connectivity index (χ4n) is 8.39. The third kappa shape index (κ3) is 4.69. The van der Waals surface area contributed by atoms with Gasteiger partial charge in [-0.1, -0.05) is 37.6 Å². The number of carbonyl (C=O) groups excluding carboxylic acids is 1. The van der Waals surface area contributed by atoms with Crippen LogP contribution in [-0.2, 0) is 9.53 Å². The van der Waals surface area contributed by atoms with Crippen molar-refractivity contribution in [1.29, 1.82) is 0 Å². The van der Waals surface area contributed by atoms with Gasteiger partial charge in [-0.05, 0) is 84.3 Å². The maximum atomic E-state index is 12.6. The van der Waals surface area contributed by atoms with Crippen LogP contribution in [0.4, 0.5) is 0 Å². The van der Waals surface area contributed by atoms with E-state index < -0.39 is 6.10 Å². The molecule has 0 bridgehead atoms. The summed E-state index contributed by atoms with van der Waals surface area (Å²) in [6.07, 6.45) is 16.0. The van der Waals surface area contributed by atoms with E-state index >= 15 is 0 Å². The Bertz CT molecular complexity index is 1040. The second-order valence-corrected chi connectivity index (χ2v) is 13.5. The maximum absolute atomic E-state index is 12.6. The van der Waals surface area contributed by atoms with Crippen LogP contribution in [0.5, 0.6) is 0 Å². The average molecular weight is 494 g/mol. The molecule has 3 unspecified atom stereocenters. The Morgan fingerprint density at radius 3 is 2.64 bits per heavy atom. The molecule has 2 fully saturated rings. The van der Waals surface area contributed by atoms with Crippen molar-refractivity contribution < 1.29 is 19.1 Å². The van der Waals surface area contributed by atoms with E-state index in [0.29, 0.717) is 28.8 Å². The molecule has 0 radical (unpaired) electrons. The van der Waals surface area contributed by atoms with Gasteiger partial charge in [-0.15, -0.1) is 0 Å². The third-order valence-corrected chi connectivity index (χ3v) is 10.1. The van der Waals surface area contributed by atoms with Crippen LogP contribution in [0.15, 0.2) is 42.3 Å². The number of nitrogens with zero attached hydrogens (tertiary/aromatic N) is 2. The summed E-state index contributed by atoms with van der Waals surface area (Å²) in [4.78, 5) is 17.0. The molecule has 196 valence electrons. The van der Waals surface area contributed by atoms with Crippen LogP contribution in [0.1, 0.15) is 70.8 Å². The molecule has 0 aromatic carbocycles. The number of allylic oxidation sites excluding steroid dienone is 3. The lowest BCUT2D eigenvalue weighted by molar-refractivity contribution is -0.873. The van der Waals surface area contributed by atoms with Gasteiger partial charge in [0.25, 0.3) is 0 Å². The van der Waals surface area contributed by atoms with Gasteiger partial charge in [0, 0.05) is 18.8 Å². The fraction of sp³-hybridized carbons (Fsp3) is 0.677. The smallest absolute Gasteiger partial charge is 0.308 e. The van der Waals surface area contributed by atoms with E-state index in [9.17, 15) is 9.90 Å². The maximum Gasteiger partial charge on any atom is 0.308 e. The number of fused-ring (bicyclic) bond motifs is 5. The van der Waals surface area contributed by atoms with Gasteiger partial charge in [0.05, 0.1) is 27.6 Å². The summed E-state index contributed by atoms with van der Waals surface area (Å²) in [5.41, 5.74) is 4.79. The predicted octanol–water partition coefficient (Wildman–Crippen LogP) is 5.41. The van der Waals surface area contributed by atoms with E-state index in [0.717, 1.165) is 25.7 Å². The predicted molar refractivity (Wildman–Crippen MR) is 143 cm³/mol. The lowest BCUT2D eigenvalue weighted by Gasteiger charge is -2.57. The highest BCUT2D eigenvalue weighted by molar-refractivity contribution is 5.72. The van der Waals surface area contributed by atoms with E-state index in [1.54, 1.807) is 0 Å². The highest BCUT2D eigenvalue weighted by Gasteiger charge is 2.57. The van der Waals surface area contributed by atoms with E-state index in [1.807, 2.05) is 33.5 Å². The number of esters is 1. The Balaban J connectivity index is 1.25. The highest BCUT2D eigenvalue weighted by Crippen LogP contribution is 2.66. The Morgan fingerprint density at radius 2 is 1.92 bits per heavy atom. The first kappa shape index (κ1) is 25.7. The lowest BCUT2D eigenvalue weighted by Crippen LogP contribution is -2.50. The van der Waals surface area contributed by atoms with Crippen molar-refractivity contribution in [2.75, 3.05) is 27.7 Å². The number of pyridine rings is 1. The van der Waals surface area contributed by atoms with Gasteiger partial charge in [-0.2, -0.15) is 0 Å². The minimum atomic E-state index is -0.658. The molecule has 0 aliphatic heterocycles. The zero-order chi connectivity index (χ0) is 25.7. The molecule has 0 spiro atoms. The molecule has 7 atom stereocenters. The molecule has 5 heteroatoms. The first-order valence-electron chi connectivity index (χ1n) is 14.0. The van der Waals surface area contributed by atoms with Gasteiger partial charge >= 0.3 is 5.97 Å². The molecule has 5 nitrogen and oxygen atoms in total. The number of rotatable bonds is 6. The van der Waals surface area contributed by atoms with Gasteiger partial charge in [0.1, 0.15) is 18.8 Å². The third-order valence-electron chi connectivity index (χ3n) is 10.1. The van der Waals surface area contributed by atoms with Crippen molar-refractivity contribution in [3.8, 4) is 0 Å². The van der Waals surface area contributed by atoms with Crippen LogP contribution >= 0.6 is 0 Å². The Morgan fingerprint density at radius 1 is 1.14 bits per heavy atom. The van der Waals surface area contributed by atoms with Crippen molar-refractivity contribution >= 4 is 11.5 Å². The second-order valence-electron chi connectivity index (χ2n) is 13.5. The van der Waals surface area contributed by atoms with Crippen LogP contribution < -0.4 is 0 Å². The number of aromatic nitrogens is 1. The highest BCUT2D eigenvalue weighted by atomic mass is 16.5. The van der Waals surface area contributed by atoms with Crippen molar-refractivity contribution in [2.24, 2.45) is 28.6 Å². The molecule has 1 aromatic heterocycles. The summed E-state index contributed by atoms with van der Waals surface area (Å²) < 4.78 is 6.52. The Hall–Kier alpha value is -1.98. The molecule has 0 amide bonds. The van der Waals surface area contributed by atoms with Gasteiger partial charge < -0.3 is 14.3 Å². The largest absolute Gasteiger partial charge is 0.462 e. The van der Waals surface area contributed by atoms with Crippen LogP contribution in [0.2, 0.25) is 0 Å². The van der Waals surface area contributed by atoms with Crippen LogP contribution in [-0.4, -0.2) is 60.4 Å². The molecule has 5 rings (SSSR count). The molecule has 1 heterocycles. The summed E-state index contributed by atoms with van der Waals surface area (Å²) in [5.74, 6) is 1.86. The van der Waals surface area contributed by atoms with Gasteiger partial charge in [0.15, 0.2) is 0 Å². The monoisotopic (exact) mass is 493 g/mol. The molecule has 36 heavy (non-hydrogen) atoms. The van der Waals surface area contributed by atoms with Crippen molar-refractivity contribution in [3.63, 3.8) is 0 Å². The van der Waals surface area contributed by atoms with Gasteiger partial charge in [-0.3, -0.25) is 9.78 Å². The van der Waals surface area contributed by atoms with E-state index in [4.69, 9.17) is 4.74 Å². The van der Waals surface area contributed by atoms with Crippen LogP contribution in [0.25, 0.3) is 5.57 Å². The first-order valence-corrected chi connectivity index (χ1v) is 14.0. The van der Waals surface area contributed by atoms with Crippen LogP contribution in [0.3, 0.4) is 0 Å². The molecule has 1 N–H and O–H groups in total. The number of quaternary nitrogens is 1. The van der Waals surface area contributed by atoms with E-state index in [-0.39, 0.29) is 29.3 Å². The van der Waals surface area contributed by atoms with Crippen molar-refractivity contribution in [3.05, 3.63) is 47.8 Å². The number of hydrogen-bond acceptors (Lipinski definition) is 4. The SMILES string of the molecule is C[C@]12CC[C@H](OC(=O)C[C@@H](O)C[N+](C)(C)C)CC1=CCC1C2CC[C@]2(C)C(c3cccnc3)=CCC12. The van der Waals surface area contributed by atoms with Crippen LogP contribution in [0, 0.1) is 28.6 Å². The van der Waals surface area contributed by atoms with Gasteiger partial charge in [0.2, 0.25) is 0 Å². The number of ether oxygens (including phenoxy) is 1. The quantitative estimate of drug-likeness (QED) is 0.327. The van der Waals surface area contributed by atoms with E-state index in [1.165, 1.54) is 36.0 Å². The minimum absolute atomic E-state index is 0.0520. The number of aliphatic hydroxyl groups is 1. The standard InChI is InChI=1S/C31H45N2O3/c1-30-14-12-24(36-29(35)18-23(34)20-33(3,4)5)17-22(30)8-9-25-27-11-10-26(21-7-6-16-32-19-21)31(27,2)15-13-28(25)30/h6-8,10,16,19,23-25,27-28,34H,9,11-15,17-18,20H2,1-5H3/q+1/t23-,24+,25?,27?,28?,30+,31-/m1/s1. The molecule has 4 aliphatic carbocycles. The first-order chi connectivity index (χ1) is 17.0. The molecular formula is C31H45N2O3+. The van der Waals surface area contributed by atoms with E-state index in [2.05, 4.69) is 43.1 Å². The number of aliphatic hydroxyl groups excluding tert-OH is 1. The molecule has 1 aromatic rings. The summed E-state index contributed by atoms with van der Waals surface area (Å²) in [6.45, 7) is 5.54. The number of likely N-dealkylation sites (N-methyl/N-ethyl adjacent to an activating group) is 1. The second kappa shape index (κ2) is 9.40.